The zero-order valence-corrected chi connectivity index (χ0v) is 36.7. The van der Waals surface area contributed by atoms with Gasteiger partial charge in [-0.25, -0.2) is 0 Å². The number of carbonyl (C=O) groups excluding carboxylic acids is 2. The highest BCUT2D eigenvalue weighted by Gasteiger charge is 2.14. The molecule has 0 fully saturated rings. The lowest BCUT2D eigenvalue weighted by molar-refractivity contribution is -0.150. The molecule has 6 nitrogen and oxygen atoms in total. The Hall–Kier alpha value is -1.14. The van der Waals surface area contributed by atoms with Crippen LogP contribution >= 0.6 is 0 Å². The van der Waals surface area contributed by atoms with Crippen LogP contribution in [0.2, 0.25) is 0 Å². The molecule has 0 N–H and O–H groups in total. The Labute approximate surface area is 332 Å². The second-order valence-electron chi connectivity index (χ2n) is 16.6. The third-order valence-corrected chi connectivity index (χ3v) is 10.9. The summed E-state index contributed by atoms with van der Waals surface area (Å²) >= 11 is 0. The molecule has 0 aliphatic carbocycles. The largest absolute Gasteiger partial charge is 0.466 e. The molecule has 0 aromatic carbocycles. The first kappa shape index (κ1) is 51.9. The van der Waals surface area contributed by atoms with Crippen molar-refractivity contribution in [2.45, 2.75) is 245 Å². The summed E-state index contributed by atoms with van der Waals surface area (Å²) in [5.41, 5.74) is 0. The van der Waals surface area contributed by atoms with E-state index in [9.17, 15) is 9.59 Å². The fourth-order valence-electron chi connectivity index (χ4n) is 7.35. The van der Waals surface area contributed by atoms with Crippen LogP contribution in [-0.4, -0.2) is 74.7 Å². The normalized spacial score (nSPS) is 11.7. The zero-order chi connectivity index (χ0) is 38.9. The Morgan fingerprint density at radius 2 is 0.792 bits per heavy atom. The van der Waals surface area contributed by atoms with Crippen LogP contribution in [0.25, 0.3) is 0 Å². The summed E-state index contributed by atoms with van der Waals surface area (Å²) in [6.45, 7) is 12.1. The van der Waals surface area contributed by atoms with Crippen LogP contribution in [0.15, 0.2) is 0 Å². The minimum atomic E-state index is -0.00534. The SMILES string of the molecule is CCCCCCCCCOC(=O)CCCCCCCN(CCCCCCCC(=O)OC(CCCCCCCC)CCCCCCCC)CCCN(C)C. The molecule has 0 aliphatic rings. The van der Waals surface area contributed by atoms with Gasteiger partial charge in [0.05, 0.1) is 6.61 Å². The molecular weight excluding hydrogens is 657 g/mol. The predicted molar refractivity (Wildman–Crippen MR) is 230 cm³/mol. The first-order chi connectivity index (χ1) is 25.9. The van der Waals surface area contributed by atoms with E-state index in [0.717, 1.165) is 51.5 Å². The zero-order valence-electron chi connectivity index (χ0n) is 36.7. The van der Waals surface area contributed by atoms with Gasteiger partial charge in [0.2, 0.25) is 0 Å². The van der Waals surface area contributed by atoms with Gasteiger partial charge in [-0.05, 0) is 104 Å². The van der Waals surface area contributed by atoms with E-state index in [0.29, 0.717) is 19.4 Å². The molecule has 316 valence electrons. The molecule has 0 atom stereocenters. The van der Waals surface area contributed by atoms with E-state index in [4.69, 9.17) is 9.47 Å². The summed E-state index contributed by atoms with van der Waals surface area (Å²) in [5.74, 6) is 0.0343. The molecule has 0 bridgehead atoms. The van der Waals surface area contributed by atoms with Crippen molar-refractivity contribution < 1.29 is 19.1 Å². The van der Waals surface area contributed by atoms with Gasteiger partial charge in [0.25, 0.3) is 0 Å². The van der Waals surface area contributed by atoms with E-state index in [1.165, 1.54) is 180 Å². The van der Waals surface area contributed by atoms with Crippen LogP contribution in [0.4, 0.5) is 0 Å². The highest BCUT2D eigenvalue weighted by atomic mass is 16.5. The van der Waals surface area contributed by atoms with E-state index >= 15 is 0 Å². The van der Waals surface area contributed by atoms with Gasteiger partial charge in [-0.1, -0.05) is 162 Å². The van der Waals surface area contributed by atoms with Crippen LogP contribution in [0.5, 0.6) is 0 Å². The van der Waals surface area contributed by atoms with E-state index in [2.05, 4.69) is 44.7 Å². The highest BCUT2D eigenvalue weighted by molar-refractivity contribution is 5.69. The third-order valence-electron chi connectivity index (χ3n) is 10.9. The summed E-state index contributed by atoms with van der Waals surface area (Å²) in [6, 6.07) is 0. The van der Waals surface area contributed by atoms with Crippen LogP contribution in [0, 0.1) is 0 Å². The lowest BCUT2D eigenvalue weighted by Crippen LogP contribution is -2.29. The van der Waals surface area contributed by atoms with Crippen LogP contribution in [0.1, 0.15) is 239 Å². The number of nitrogens with zero attached hydrogens (tertiary/aromatic N) is 2. The van der Waals surface area contributed by atoms with Gasteiger partial charge in [0, 0.05) is 12.8 Å². The van der Waals surface area contributed by atoms with Gasteiger partial charge < -0.3 is 19.3 Å². The van der Waals surface area contributed by atoms with Crippen LogP contribution < -0.4 is 0 Å². The topological polar surface area (TPSA) is 59.1 Å². The second-order valence-corrected chi connectivity index (χ2v) is 16.6. The standard InChI is InChI=1S/C47H94N2O4/c1-6-9-12-15-18-27-34-44-52-46(50)38-30-23-19-25-32-41-49(43-35-40-48(4)5)42-33-26-20-24-31-39-47(51)53-45(36-28-21-16-13-10-7-2)37-29-22-17-14-11-8-3/h45H,6-44H2,1-5H3. The summed E-state index contributed by atoms with van der Waals surface area (Å²) in [5, 5.41) is 0. The van der Waals surface area contributed by atoms with Crippen molar-refractivity contribution >= 4 is 11.9 Å². The van der Waals surface area contributed by atoms with E-state index < -0.39 is 0 Å². The molecule has 6 heteroatoms. The molecule has 0 aliphatic heterocycles. The van der Waals surface area contributed by atoms with Gasteiger partial charge in [-0.3, -0.25) is 9.59 Å². The first-order valence-corrected chi connectivity index (χ1v) is 23.6. The molecule has 0 rings (SSSR count). The molecule has 0 spiro atoms. The molecule has 0 amide bonds. The number of hydrogen-bond donors (Lipinski definition) is 0. The maximum atomic E-state index is 12.8. The maximum absolute atomic E-state index is 12.8. The molecule has 0 radical (unpaired) electrons. The number of esters is 2. The summed E-state index contributed by atoms with van der Waals surface area (Å²) in [7, 11) is 4.33. The number of hydrogen-bond acceptors (Lipinski definition) is 6. The van der Waals surface area contributed by atoms with Crippen molar-refractivity contribution in [2.75, 3.05) is 46.9 Å². The Balaban J connectivity index is 4.17. The van der Waals surface area contributed by atoms with Crippen molar-refractivity contribution in [2.24, 2.45) is 0 Å². The third kappa shape index (κ3) is 40.3. The molecule has 0 saturated heterocycles. The van der Waals surface area contributed by atoms with Crippen LogP contribution in [-0.2, 0) is 19.1 Å². The van der Waals surface area contributed by atoms with Crippen LogP contribution in [0.3, 0.4) is 0 Å². The Morgan fingerprint density at radius 3 is 1.26 bits per heavy atom. The van der Waals surface area contributed by atoms with Gasteiger partial charge in [0.1, 0.15) is 6.10 Å². The molecule has 0 heterocycles. The lowest BCUT2D eigenvalue weighted by atomic mass is 10.0. The van der Waals surface area contributed by atoms with E-state index in [1.54, 1.807) is 0 Å². The monoisotopic (exact) mass is 751 g/mol. The van der Waals surface area contributed by atoms with Gasteiger partial charge in [0.15, 0.2) is 0 Å². The van der Waals surface area contributed by atoms with Crippen molar-refractivity contribution in [1.29, 1.82) is 0 Å². The molecule has 0 aromatic heterocycles. The maximum Gasteiger partial charge on any atom is 0.306 e. The van der Waals surface area contributed by atoms with Gasteiger partial charge >= 0.3 is 11.9 Å². The fraction of sp³-hybridized carbons (Fsp3) is 0.957. The fourth-order valence-corrected chi connectivity index (χ4v) is 7.35. The molecular formula is C47H94N2O4. The number of ether oxygens (including phenoxy) is 2. The van der Waals surface area contributed by atoms with E-state index in [1.807, 2.05) is 0 Å². The smallest absolute Gasteiger partial charge is 0.306 e. The van der Waals surface area contributed by atoms with Gasteiger partial charge in [-0.15, -0.1) is 0 Å². The second kappa shape index (κ2) is 42.0. The van der Waals surface area contributed by atoms with E-state index in [-0.39, 0.29) is 18.0 Å². The predicted octanol–water partition coefficient (Wildman–Crippen LogP) is 13.6. The highest BCUT2D eigenvalue weighted by Crippen LogP contribution is 2.18. The quantitative estimate of drug-likeness (QED) is 0.0457. The average Bonchev–Trinajstić information content (AvgIpc) is 3.14. The van der Waals surface area contributed by atoms with Crippen molar-refractivity contribution in [3.63, 3.8) is 0 Å². The molecule has 53 heavy (non-hydrogen) atoms. The summed E-state index contributed by atoms with van der Waals surface area (Å²) < 4.78 is 11.5. The summed E-state index contributed by atoms with van der Waals surface area (Å²) in [4.78, 5) is 29.8. The number of rotatable bonds is 43. The van der Waals surface area contributed by atoms with Crippen molar-refractivity contribution in [3.8, 4) is 0 Å². The van der Waals surface area contributed by atoms with Crippen molar-refractivity contribution in [1.82, 2.24) is 9.80 Å². The Kier molecular flexibility index (Phi) is 41.1. The molecule has 0 aromatic rings. The first-order valence-electron chi connectivity index (χ1n) is 23.6. The minimum absolute atomic E-state index is 0.00534. The Morgan fingerprint density at radius 1 is 0.415 bits per heavy atom. The number of unbranched alkanes of at least 4 members (excludes halogenated alkanes) is 24. The molecule has 0 saturated carbocycles. The summed E-state index contributed by atoms with van der Waals surface area (Å²) in [6.07, 6.45) is 40.4. The molecule has 0 unspecified atom stereocenters. The Bertz CT molecular complexity index is 745. The average molecular weight is 751 g/mol. The lowest BCUT2D eigenvalue weighted by Gasteiger charge is -2.23. The minimum Gasteiger partial charge on any atom is -0.466 e. The van der Waals surface area contributed by atoms with Gasteiger partial charge in [-0.2, -0.15) is 0 Å². The number of carbonyl (C=O) groups is 2. The van der Waals surface area contributed by atoms with Crippen molar-refractivity contribution in [3.05, 3.63) is 0 Å².